The SMILES string of the molecule is CCOc1ccc(N(CC(=O)N(Cc2ccc(F)cc2)C(Cc2ccccc2)C(=O)NC(C)(C)C)S(=O)(=O)c2ccc(C)cc2)cc1. The molecule has 0 spiro atoms. The first-order valence-corrected chi connectivity index (χ1v) is 16.9. The molecule has 4 aromatic carbocycles. The number of carbonyl (C=O) groups is 2. The smallest absolute Gasteiger partial charge is 0.264 e. The average Bonchev–Trinajstić information content (AvgIpc) is 3.03. The normalized spacial score (nSPS) is 12.2. The number of carbonyl (C=O) groups excluding carboxylic acids is 2. The lowest BCUT2D eigenvalue weighted by Gasteiger charge is -2.35. The van der Waals surface area contributed by atoms with Gasteiger partial charge in [0.1, 0.15) is 24.2 Å². The molecule has 0 bridgehead atoms. The lowest BCUT2D eigenvalue weighted by Crippen LogP contribution is -2.56. The van der Waals surface area contributed by atoms with Gasteiger partial charge in [0.15, 0.2) is 0 Å². The first-order chi connectivity index (χ1) is 22.3. The summed E-state index contributed by atoms with van der Waals surface area (Å²) in [6.07, 6.45) is 0.170. The Hall–Kier alpha value is -4.70. The number of sulfonamides is 1. The van der Waals surface area contributed by atoms with Gasteiger partial charge < -0.3 is 15.0 Å². The molecule has 0 saturated carbocycles. The summed E-state index contributed by atoms with van der Waals surface area (Å²) in [5.41, 5.74) is 1.92. The summed E-state index contributed by atoms with van der Waals surface area (Å²) in [5.74, 6) is -0.895. The van der Waals surface area contributed by atoms with Crippen LogP contribution < -0.4 is 14.4 Å². The van der Waals surface area contributed by atoms with E-state index in [9.17, 15) is 22.4 Å². The van der Waals surface area contributed by atoms with Gasteiger partial charge in [-0.2, -0.15) is 0 Å². The number of nitrogens with one attached hydrogen (secondary N) is 1. The van der Waals surface area contributed by atoms with Gasteiger partial charge in [-0.3, -0.25) is 13.9 Å². The maximum atomic E-state index is 14.5. The Morgan fingerprint density at radius 1 is 0.851 bits per heavy atom. The number of ether oxygens (including phenoxy) is 1. The quantitative estimate of drug-likeness (QED) is 0.182. The van der Waals surface area contributed by atoms with Crippen LogP contribution in [-0.2, 0) is 32.6 Å². The number of halogens is 1. The van der Waals surface area contributed by atoms with Gasteiger partial charge in [0.25, 0.3) is 10.0 Å². The predicted molar refractivity (Wildman–Crippen MR) is 182 cm³/mol. The number of hydrogen-bond donors (Lipinski definition) is 1. The van der Waals surface area contributed by atoms with Crippen molar-refractivity contribution >= 4 is 27.5 Å². The first kappa shape index (κ1) is 35.2. The molecule has 4 rings (SSSR count). The van der Waals surface area contributed by atoms with Gasteiger partial charge in [0.2, 0.25) is 11.8 Å². The van der Waals surface area contributed by atoms with E-state index in [0.717, 1.165) is 15.4 Å². The summed E-state index contributed by atoms with van der Waals surface area (Å²) in [7, 11) is -4.24. The second-order valence-corrected chi connectivity index (χ2v) is 14.2. The summed E-state index contributed by atoms with van der Waals surface area (Å²) < 4.78 is 48.9. The van der Waals surface area contributed by atoms with Crippen molar-refractivity contribution in [3.63, 3.8) is 0 Å². The molecule has 0 radical (unpaired) electrons. The molecule has 0 aliphatic rings. The van der Waals surface area contributed by atoms with E-state index in [-0.39, 0.29) is 23.5 Å². The Morgan fingerprint density at radius 2 is 1.47 bits per heavy atom. The van der Waals surface area contributed by atoms with E-state index in [1.54, 1.807) is 48.5 Å². The monoisotopic (exact) mass is 659 g/mol. The van der Waals surface area contributed by atoms with Crippen molar-refractivity contribution in [3.05, 3.63) is 126 Å². The molecule has 0 aliphatic heterocycles. The van der Waals surface area contributed by atoms with Crippen LogP contribution in [0.1, 0.15) is 44.4 Å². The number of nitrogens with zero attached hydrogens (tertiary/aromatic N) is 2. The number of amides is 2. The number of anilines is 1. The summed E-state index contributed by atoms with van der Waals surface area (Å²) in [6.45, 7) is 9.01. The highest BCUT2D eigenvalue weighted by molar-refractivity contribution is 7.92. The fourth-order valence-electron chi connectivity index (χ4n) is 5.03. The van der Waals surface area contributed by atoms with E-state index >= 15 is 0 Å². The fraction of sp³-hybridized carbons (Fsp3) is 0.297. The van der Waals surface area contributed by atoms with Crippen molar-refractivity contribution in [2.75, 3.05) is 17.5 Å². The van der Waals surface area contributed by atoms with Crippen LogP contribution in [0.4, 0.5) is 10.1 Å². The third-order valence-corrected chi connectivity index (χ3v) is 9.15. The zero-order valence-corrected chi connectivity index (χ0v) is 28.3. The maximum Gasteiger partial charge on any atom is 0.264 e. The maximum absolute atomic E-state index is 14.5. The highest BCUT2D eigenvalue weighted by Gasteiger charge is 2.35. The van der Waals surface area contributed by atoms with Crippen molar-refractivity contribution in [1.29, 1.82) is 0 Å². The van der Waals surface area contributed by atoms with Crippen LogP contribution in [0.3, 0.4) is 0 Å². The Balaban J connectivity index is 1.81. The number of benzene rings is 4. The van der Waals surface area contributed by atoms with Crippen LogP contribution in [0.15, 0.2) is 108 Å². The van der Waals surface area contributed by atoms with Gasteiger partial charge in [0.05, 0.1) is 17.2 Å². The minimum absolute atomic E-state index is 0.0150. The van der Waals surface area contributed by atoms with Gasteiger partial charge in [-0.15, -0.1) is 0 Å². The Morgan fingerprint density at radius 3 is 2.04 bits per heavy atom. The molecule has 8 nitrogen and oxygen atoms in total. The molecular weight excluding hydrogens is 617 g/mol. The highest BCUT2D eigenvalue weighted by atomic mass is 32.2. The number of hydrogen-bond acceptors (Lipinski definition) is 5. The molecule has 4 aromatic rings. The Bertz CT molecular complexity index is 1740. The van der Waals surface area contributed by atoms with E-state index in [1.807, 2.05) is 65.0 Å². The number of rotatable bonds is 13. The lowest BCUT2D eigenvalue weighted by molar-refractivity contribution is -0.140. The third-order valence-electron chi connectivity index (χ3n) is 7.36. The van der Waals surface area contributed by atoms with Gasteiger partial charge in [-0.1, -0.05) is 60.2 Å². The van der Waals surface area contributed by atoms with Crippen LogP contribution >= 0.6 is 0 Å². The van der Waals surface area contributed by atoms with Gasteiger partial charge in [0, 0.05) is 18.5 Å². The zero-order chi connectivity index (χ0) is 34.2. The molecule has 47 heavy (non-hydrogen) atoms. The molecule has 0 aromatic heterocycles. The topological polar surface area (TPSA) is 96.0 Å². The van der Waals surface area contributed by atoms with E-state index < -0.39 is 45.8 Å². The van der Waals surface area contributed by atoms with E-state index in [4.69, 9.17) is 4.74 Å². The minimum Gasteiger partial charge on any atom is -0.494 e. The third kappa shape index (κ3) is 9.65. The molecule has 0 heterocycles. The standard InChI is InChI=1S/C37H42FN3O5S/c1-6-46-32-20-18-31(19-21-32)41(47(44,45)33-22-12-27(2)13-23-33)26-35(42)40(25-29-14-16-30(38)17-15-29)34(36(43)39-37(3,4)5)24-28-10-8-7-9-11-28/h7-23,34H,6,24-26H2,1-5H3,(H,39,43). The molecule has 1 N–H and O–H groups in total. The van der Waals surface area contributed by atoms with Crippen LogP contribution in [0.2, 0.25) is 0 Å². The van der Waals surface area contributed by atoms with E-state index in [2.05, 4.69) is 5.32 Å². The van der Waals surface area contributed by atoms with Gasteiger partial charge >= 0.3 is 0 Å². The van der Waals surface area contributed by atoms with Crippen LogP contribution in [0, 0.1) is 12.7 Å². The number of aryl methyl sites for hydroxylation is 1. The van der Waals surface area contributed by atoms with Crippen molar-refractivity contribution in [2.45, 2.75) is 64.1 Å². The molecule has 0 saturated heterocycles. The molecule has 1 atom stereocenters. The van der Waals surface area contributed by atoms with Crippen molar-refractivity contribution in [1.82, 2.24) is 10.2 Å². The summed E-state index contributed by atoms with van der Waals surface area (Å²) in [6, 6.07) is 26.8. The van der Waals surface area contributed by atoms with Crippen LogP contribution in [-0.4, -0.2) is 49.9 Å². The van der Waals surface area contributed by atoms with Crippen molar-refractivity contribution in [3.8, 4) is 5.75 Å². The second-order valence-electron chi connectivity index (χ2n) is 12.3. The second kappa shape index (κ2) is 15.3. The van der Waals surface area contributed by atoms with Crippen LogP contribution in [0.25, 0.3) is 0 Å². The molecule has 2 amide bonds. The molecule has 0 fully saturated rings. The fourth-order valence-corrected chi connectivity index (χ4v) is 6.45. The minimum atomic E-state index is -4.24. The lowest BCUT2D eigenvalue weighted by atomic mass is 10.0. The summed E-state index contributed by atoms with van der Waals surface area (Å²) in [4.78, 5) is 29.9. The van der Waals surface area contributed by atoms with Crippen LogP contribution in [0.5, 0.6) is 5.75 Å². The predicted octanol–water partition coefficient (Wildman–Crippen LogP) is 6.28. The Kier molecular flexibility index (Phi) is 11.4. The van der Waals surface area contributed by atoms with Crippen molar-refractivity contribution < 1.29 is 27.1 Å². The first-order valence-electron chi connectivity index (χ1n) is 15.5. The largest absolute Gasteiger partial charge is 0.494 e. The molecular formula is C37H42FN3O5S. The molecule has 0 aliphatic carbocycles. The van der Waals surface area contributed by atoms with Gasteiger partial charge in [-0.05, 0) is 94.3 Å². The molecule has 10 heteroatoms. The summed E-state index contributed by atoms with van der Waals surface area (Å²) in [5, 5.41) is 3.00. The Labute approximate surface area is 277 Å². The van der Waals surface area contributed by atoms with E-state index in [0.29, 0.717) is 17.9 Å². The van der Waals surface area contributed by atoms with Crippen molar-refractivity contribution in [2.24, 2.45) is 0 Å². The van der Waals surface area contributed by atoms with E-state index in [1.165, 1.54) is 29.2 Å². The highest BCUT2D eigenvalue weighted by Crippen LogP contribution is 2.27. The summed E-state index contributed by atoms with van der Waals surface area (Å²) >= 11 is 0. The molecule has 1 unspecified atom stereocenters. The average molecular weight is 660 g/mol. The molecule has 248 valence electrons. The zero-order valence-electron chi connectivity index (χ0n) is 27.4. The van der Waals surface area contributed by atoms with Gasteiger partial charge in [-0.25, -0.2) is 12.8 Å².